The third-order valence-electron chi connectivity index (χ3n) is 12.7. The molecule has 1 heterocycles. The molecule has 6 fully saturated rings. The van der Waals surface area contributed by atoms with Crippen LogP contribution in [0.2, 0.25) is 0 Å². The van der Waals surface area contributed by atoms with E-state index in [1.165, 1.54) is 0 Å². The fraction of sp³-hybridized carbons (Fsp3) is 1.00. The second kappa shape index (κ2) is 17.9. The fourth-order valence-corrected chi connectivity index (χ4v) is 12.5. The minimum Gasteiger partial charge on any atom is -0.390 e. The van der Waals surface area contributed by atoms with E-state index in [2.05, 4.69) is 25.7 Å². The molecule has 19 nitrogen and oxygen atoms in total. The maximum Gasteiger partial charge on any atom is 0.269 e. The summed E-state index contributed by atoms with van der Waals surface area (Å²) in [5.41, 5.74) is 12.2. The van der Waals surface area contributed by atoms with Crippen molar-refractivity contribution in [2.75, 3.05) is 13.1 Å². The van der Waals surface area contributed by atoms with Gasteiger partial charge in [-0.25, -0.2) is 5.26 Å². The molecule has 0 aromatic carbocycles. The largest absolute Gasteiger partial charge is 0.390 e. The van der Waals surface area contributed by atoms with Crippen molar-refractivity contribution in [2.45, 2.75) is 154 Å². The fourth-order valence-electron chi connectivity index (χ4n) is 9.85. The smallest absolute Gasteiger partial charge is 0.269 e. The van der Waals surface area contributed by atoms with Gasteiger partial charge in [0.05, 0.1) is 46.8 Å². The average molecular weight is 810 g/mol. The van der Waals surface area contributed by atoms with Gasteiger partial charge in [0.25, 0.3) is 20.2 Å². The maximum atomic E-state index is 12.3. The van der Waals surface area contributed by atoms with Crippen LogP contribution in [0.5, 0.6) is 0 Å². The van der Waals surface area contributed by atoms with Gasteiger partial charge in [0, 0.05) is 30.7 Å². The van der Waals surface area contributed by atoms with Crippen LogP contribution >= 0.6 is 12.0 Å². The zero-order valence-corrected chi connectivity index (χ0v) is 32.1. The van der Waals surface area contributed by atoms with Crippen LogP contribution in [0.1, 0.15) is 83.5 Å². The lowest BCUT2D eigenvalue weighted by atomic mass is 9.66. The summed E-state index contributed by atoms with van der Waals surface area (Å²) >= 11 is 0.864. The summed E-state index contributed by atoms with van der Waals surface area (Å²) in [6.07, 6.45) is 6.10. The van der Waals surface area contributed by atoms with Crippen LogP contribution in [-0.2, 0) is 29.6 Å². The van der Waals surface area contributed by atoms with E-state index in [1.807, 2.05) is 0 Å². The predicted molar refractivity (Wildman–Crippen MR) is 193 cm³/mol. The Labute approximate surface area is 314 Å². The number of aliphatic hydroxyl groups is 1. The van der Waals surface area contributed by atoms with Crippen molar-refractivity contribution < 1.29 is 45.7 Å². The highest BCUT2D eigenvalue weighted by atomic mass is 32.2. The Morgan fingerprint density at radius 1 is 0.679 bits per heavy atom. The molecule has 0 spiro atoms. The number of nitrogens with two attached hydrogens (primary N) is 2. The third-order valence-corrected chi connectivity index (χ3v) is 16.2. The first-order chi connectivity index (χ1) is 25.2. The van der Waals surface area contributed by atoms with Crippen molar-refractivity contribution in [1.82, 2.24) is 5.32 Å². The normalized spacial score (nSPS) is 44.6. The number of hydrogen-bond acceptors (Lipinski definition) is 18. The summed E-state index contributed by atoms with van der Waals surface area (Å²) in [6, 6.07) is -3.26. The number of hydrogen-bond donors (Lipinski definition) is 7. The number of aliphatic hydroxyl groups excluding tert-OH is 1. The average Bonchev–Trinajstić information content (AvgIpc) is 3.12. The Morgan fingerprint density at radius 2 is 1.40 bits per heavy atom. The molecule has 0 bridgehead atoms. The quantitative estimate of drug-likeness (QED) is 0.0519. The van der Waals surface area contributed by atoms with Gasteiger partial charge in [-0.2, -0.15) is 47.5 Å². The first-order valence-corrected chi connectivity index (χ1v) is 22.7. The van der Waals surface area contributed by atoms with Gasteiger partial charge in [0.15, 0.2) is 0 Å². The zero-order chi connectivity index (χ0) is 37.9. The molecule has 16 unspecified atom stereocenters. The lowest BCUT2D eigenvalue weighted by molar-refractivity contribution is -0.432. The molecule has 302 valence electrons. The number of azo groups is 3. The molecule has 9 N–H and O–H groups in total. The van der Waals surface area contributed by atoms with Crippen molar-refractivity contribution >= 4 is 32.3 Å². The Hall–Kier alpha value is -1.31. The highest BCUT2D eigenvalue weighted by molar-refractivity contribution is 7.95. The highest BCUT2D eigenvalue weighted by Gasteiger charge is 2.50. The molecule has 0 radical (unpaired) electrons. The van der Waals surface area contributed by atoms with Gasteiger partial charge >= 0.3 is 0 Å². The van der Waals surface area contributed by atoms with Crippen molar-refractivity contribution in [3.63, 3.8) is 0 Å². The molecular weight excluding hydrogens is 755 g/mol. The lowest BCUT2D eigenvalue weighted by Crippen LogP contribution is -2.54. The van der Waals surface area contributed by atoms with Gasteiger partial charge in [-0.05, 0) is 114 Å². The molecular formula is C31H55N9O10S3. The predicted octanol–water partition coefficient (Wildman–Crippen LogP) is 2.73. The van der Waals surface area contributed by atoms with Gasteiger partial charge in [0.1, 0.15) is 11.3 Å². The van der Waals surface area contributed by atoms with Crippen LogP contribution in [0.25, 0.3) is 0 Å². The van der Waals surface area contributed by atoms with Crippen LogP contribution in [0.15, 0.2) is 30.7 Å². The second-order valence-electron chi connectivity index (χ2n) is 16.0. The molecule has 53 heavy (non-hydrogen) atoms. The molecule has 16 atom stereocenters. The second-order valence-corrected chi connectivity index (χ2v) is 20.3. The van der Waals surface area contributed by atoms with Crippen LogP contribution in [0, 0.1) is 23.7 Å². The Balaban J connectivity index is 1.16. The first kappa shape index (κ1) is 41.3. The molecule has 1 saturated heterocycles. The number of piperidine rings is 1. The van der Waals surface area contributed by atoms with Crippen LogP contribution in [0.3, 0.4) is 0 Å². The maximum absolute atomic E-state index is 12.3. The molecule has 0 aromatic heterocycles. The number of rotatable bonds is 11. The van der Waals surface area contributed by atoms with E-state index in [0.29, 0.717) is 44.9 Å². The van der Waals surface area contributed by atoms with Crippen LogP contribution < -0.4 is 16.8 Å². The van der Waals surface area contributed by atoms with Crippen LogP contribution in [0.4, 0.5) is 0 Å². The minimum atomic E-state index is -4.38. The summed E-state index contributed by atoms with van der Waals surface area (Å²) in [5.74, 6) is -0.328. The minimum absolute atomic E-state index is 0.0215. The van der Waals surface area contributed by atoms with Gasteiger partial charge < -0.3 is 21.9 Å². The van der Waals surface area contributed by atoms with E-state index in [1.54, 1.807) is 0 Å². The van der Waals surface area contributed by atoms with E-state index < -0.39 is 66.3 Å². The van der Waals surface area contributed by atoms with Gasteiger partial charge in [0.2, 0.25) is 0 Å². The highest BCUT2D eigenvalue weighted by Crippen LogP contribution is 2.48. The number of nitrogens with zero attached hydrogens (tertiary/aromatic N) is 6. The van der Waals surface area contributed by atoms with E-state index in [0.717, 1.165) is 44.4 Å². The number of fused-ring (bicyclic) bond motifs is 2. The van der Waals surface area contributed by atoms with E-state index in [-0.39, 0.29) is 67.1 Å². The van der Waals surface area contributed by atoms with Gasteiger partial charge in [-0.3, -0.25) is 9.11 Å². The SMILES string of the molecule is NC1CC(N)C(S(=O)(=O)O)CC1N=NC1CCC2CC(SOOO)C(N=NC3CCC(N=NC4CCCNC4)C4CCC(S(=O)(=O)O)CC34)C(O)C2C1. The van der Waals surface area contributed by atoms with E-state index in [4.69, 9.17) is 36.4 Å². The van der Waals surface area contributed by atoms with E-state index >= 15 is 0 Å². The van der Waals surface area contributed by atoms with E-state index in [9.17, 15) is 31.0 Å². The number of nitrogens with one attached hydrogen (secondary N) is 1. The van der Waals surface area contributed by atoms with Gasteiger partial charge in [-0.15, -0.1) is 4.33 Å². The Kier molecular flexibility index (Phi) is 13.9. The molecule has 5 aliphatic carbocycles. The Bertz CT molecular complexity index is 1540. The molecule has 0 aromatic rings. The van der Waals surface area contributed by atoms with Crippen molar-refractivity contribution in [3.8, 4) is 0 Å². The zero-order valence-electron chi connectivity index (χ0n) is 29.6. The molecule has 6 rings (SSSR count). The topological polar surface area (TPSA) is 306 Å². The van der Waals surface area contributed by atoms with Crippen molar-refractivity contribution in [2.24, 2.45) is 65.8 Å². The summed E-state index contributed by atoms with van der Waals surface area (Å²) in [4.78, 5) is 0. The molecule has 0 amide bonds. The summed E-state index contributed by atoms with van der Waals surface area (Å²) in [6.45, 7) is 1.76. The first-order valence-electron chi connectivity index (χ1n) is 18.9. The standard InChI is InChI=1S/C31H55N9O10S3/c32-23-13-24(33)29(53(46,47)48)14-27(23)39-35-17-4-3-16-10-28(51-50-49-42)30(31(41)21(16)11-17)40-38-26-8-7-25(37-36-18-2-1-9-34-15-18)20-6-5-19(12-22(20)26)52(43,44)45/h16-31,34,41-42H,1-15,32-33H2,(H,43,44,45)(H,46,47,48). The van der Waals surface area contributed by atoms with Crippen molar-refractivity contribution in [1.29, 1.82) is 0 Å². The summed E-state index contributed by atoms with van der Waals surface area (Å²) in [5, 5.41) is 53.5. The monoisotopic (exact) mass is 809 g/mol. The van der Waals surface area contributed by atoms with Crippen LogP contribution in [-0.4, -0.2) is 120 Å². The third kappa shape index (κ3) is 10.2. The Morgan fingerprint density at radius 3 is 2.09 bits per heavy atom. The molecule has 6 aliphatic rings. The van der Waals surface area contributed by atoms with Gasteiger partial charge in [-0.1, -0.05) is 5.04 Å². The van der Waals surface area contributed by atoms with Crippen molar-refractivity contribution in [3.05, 3.63) is 0 Å². The molecule has 1 aliphatic heterocycles. The lowest BCUT2D eigenvalue weighted by Gasteiger charge is -2.46. The molecule has 22 heteroatoms. The summed E-state index contributed by atoms with van der Waals surface area (Å²) in [7, 11) is -8.63. The summed E-state index contributed by atoms with van der Waals surface area (Å²) < 4.78 is 72.8. The molecule has 5 saturated carbocycles.